The Balaban J connectivity index is 2.63. The van der Waals surface area contributed by atoms with Gasteiger partial charge in [-0.25, -0.2) is 9.78 Å². The first-order valence-electron chi connectivity index (χ1n) is 4.89. The molecule has 0 spiro atoms. The van der Waals surface area contributed by atoms with E-state index < -0.39 is 5.97 Å². The van der Waals surface area contributed by atoms with Gasteiger partial charge < -0.3 is 15.7 Å². The second-order valence-corrected chi connectivity index (χ2v) is 3.59. The number of hydrogen-bond acceptors (Lipinski definition) is 4. The summed E-state index contributed by atoms with van der Waals surface area (Å²) in [6, 6.07) is 3.00. The first-order valence-corrected chi connectivity index (χ1v) is 5.26. The first-order chi connectivity index (χ1) is 8.04. The molecule has 0 atom stereocenters. The van der Waals surface area contributed by atoms with E-state index in [9.17, 15) is 9.59 Å². The van der Waals surface area contributed by atoms with Crippen LogP contribution in [0.5, 0.6) is 0 Å². The molecule has 0 aliphatic heterocycles. The summed E-state index contributed by atoms with van der Waals surface area (Å²) in [5.41, 5.74) is -0.211. The van der Waals surface area contributed by atoms with Crippen LogP contribution in [0.3, 0.4) is 0 Å². The van der Waals surface area contributed by atoms with Crippen LogP contribution in [0, 0.1) is 0 Å². The van der Waals surface area contributed by atoms with E-state index in [1.165, 1.54) is 6.07 Å². The number of aromatic nitrogens is 1. The van der Waals surface area contributed by atoms with Gasteiger partial charge in [0.1, 0.15) is 5.82 Å². The molecule has 0 radical (unpaired) electrons. The molecule has 3 N–H and O–H groups in total. The number of rotatable bonds is 5. The molecule has 0 aliphatic rings. The van der Waals surface area contributed by atoms with E-state index in [-0.39, 0.29) is 23.0 Å². The van der Waals surface area contributed by atoms with Gasteiger partial charge in [0.05, 0.1) is 5.02 Å². The van der Waals surface area contributed by atoms with Gasteiger partial charge in [-0.3, -0.25) is 4.79 Å². The SMILES string of the molecule is CNC(=O)CCNc1ccc(Cl)c(C(=O)O)n1. The molecule has 7 heteroatoms. The van der Waals surface area contributed by atoms with Gasteiger partial charge in [-0.05, 0) is 12.1 Å². The highest BCUT2D eigenvalue weighted by Gasteiger charge is 2.11. The lowest BCUT2D eigenvalue weighted by Crippen LogP contribution is -2.21. The quantitative estimate of drug-likeness (QED) is 0.731. The average Bonchev–Trinajstić information content (AvgIpc) is 2.30. The Morgan fingerprint density at radius 1 is 1.47 bits per heavy atom. The Morgan fingerprint density at radius 2 is 2.18 bits per heavy atom. The third-order valence-corrected chi connectivity index (χ3v) is 2.29. The van der Waals surface area contributed by atoms with E-state index in [4.69, 9.17) is 16.7 Å². The van der Waals surface area contributed by atoms with Crippen LogP contribution < -0.4 is 10.6 Å². The number of halogens is 1. The molecule has 17 heavy (non-hydrogen) atoms. The second kappa shape index (κ2) is 6.05. The molecule has 0 aromatic carbocycles. The third kappa shape index (κ3) is 3.92. The minimum atomic E-state index is -1.19. The Kier molecular flexibility index (Phi) is 4.71. The van der Waals surface area contributed by atoms with Gasteiger partial charge in [0, 0.05) is 20.0 Å². The number of aromatic carboxylic acids is 1. The Labute approximate surface area is 103 Å². The van der Waals surface area contributed by atoms with Gasteiger partial charge in [-0.15, -0.1) is 0 Å². The summed E-state index contributed by atoms with van der Waals surface area (Å²) in [4.78, 5) is 25.5. The van der Waals surface area contributed by atoms with Crippen molar-refractivity contribution in [1.82, 2.24) is 10.3 Å². The molecule has 6 nitrogen and oxygen atoms in total. The van der Waals surface area contributed by atoms with Crippen LogP contribution >= 0.6 is 11.6 Å². The molecule has 0 saturated carbocycles. The maximum atomic E-state index is 10.9. The fourth-order valence-corrected chi connectivity index (χ4v) is 1.31. The van der Waals surface area contributed by atoms with Gasteiger partial charge in [0.15, 0.2) is 5.69 Å². The second-order valence-electron chi connectivity index (χ2n) is 3.18. The van der Waals surface area contributed by atoms with Gasteiger partial charge in [0.25, 0.3) is 0 Å². The van der Waals surface area contributed by atoms with Crippen molar-refractivity contribution in [3.63, 3.8) is 0 Å². The summed E-state index contributed by atoms with van der Waals surface area (Å²) in [6.45, 7) is 0.368. The van der Waals surface area contributed by atoms with Crippen LogP contribution in [0.4, 0.5) is 5.82 Å². The number of carboxylic acids is 1. The van der Waals surface area contributed by atoms with Crippen molar-refractivity contribution in [2.24, 2.45) is 0 Å². The van der Waals surface area contributed by atoms with Gasteiger partial charge >= 0.3 is 5.97 Å². The molecule has 0 bridgehead atoms. The summed E-state index contributed by atoms with van der Waals surface area (Å²) in [7, 11) is 1.55. The van der Waals surface area contributed by atoms with Crippen LogP contribution in [0.15, 0.2) is 12.1 Å². The predicted octanol–water partition coefficient (Wildman–Crippen LogP) is 0.981. The van der Waals surface area contributed by atoms with E-state index in [1.807, 2.05) is 0 Å². The van der Waals surface area contributed by atoms with E-state index in [1.54, 1.807) is 13.1 Å². The maximum Gasteiger partial charge on any atom is 0.356 e. The average molecular weight is 258 g/mol. The van der Waals surface area contributed by atoms with E-state index >= 15 is 0 Å². The Morgan fingerprint density at radius 3 is 2.76 bits per heavy atom. The predicted molar refractivity (Wildman–Crippen MR) is 63.4 cm³/mol. The number of hydrogen-bond donors (Lipinski definition) is 3. The molecule has 1 aromatic rings. The standard InChI is InChI=1S/C10H12ClN3O3/c1-12-8(15)4-5-13-7-3-2-6(11)9(14-7)10(16)17/h2-3H,4-5H2,1H3,(H,12,15)(H,13,14)(H,16,17). The number of nitrogens with zero attached hydrogens (tertiary/aromatic N) is 1. The number of carbonyl (C=O) groups is 2. The normalized spacial score (nSPS) is 9.76. The van der Waals surface area contributed by atoms with Crippen LogP contribution in [0.2, 0.25) is 5.02 Å². The van der Waals surface area contributed by atoms with Crippen molar-refractivity contribution in [2.75, 3.05) is 18.9 Å². The minimum absolute atomic E-state index is 0.0781. The molecule has 92 valence electrons. The number of nitrogens with one attached hydrogen (secondary N) is 2. The Hall–Kier alpha value is -1.82. The van der Waals surface area contributed by atoms with Gasteiger partial charge in [-0.2, -0.15) is 0 Å². The van der Waals surface area contributed by atoms with Crippen molar-refractivity contribution in [2.45, 2.75) is 6.42 Å². The third-order valence-electron chi connectivity index (χ3n) is 1.99. The lowest BCUT2D eigenvalue weighted by molar-refractivity contribution is -0.120. The summed E-state index contributed by atoms with van der Waals surface area (Å²) in [5, 5.41) is 14.2. The zero-order valence-electron chi connectivity index (χ0n) is 9.16. The first kappa shape index (κ1) is 13.2. The highest BCUT2D eigenvalue weighted by Crippen LogP contribution is 2.16. The number of carboxylic acid groups (broad SMARTS) is 1. The fraction of sp³-hybridized carbons (Fsp3) is 0.300. The molecule has 1 rings (SSSR count). The maximum absolute atomic E-state index is 10.9. The summed E-state index contributed by atoms with van der Waals surface area (Å²) >= 11 is 5.66. The van der Waals surface area contributed by atoms with Crippen molar-refractivity contribution in [3.8, 4) is 0 Å². The number of anilines is 1. The molecular weight excluding hydrogens is 246 g/mol. The summed E-state index contributed by atoms with van der Waals surface area (Å²) in [6.07, 6.45) is 0.281. The molecule has 1 aromatic heterocycles. The number of pyridine rings is 1. The van der Waals surface area contributed by atoms with Gasteiger partial charge in [0.2, 0.25) is 5.91 Å². The monoisotopic (exact) mass is 257 g/mol. The van der Waals surface area contributed by atoms with Crippen molar-refractivity contribution < 1.29 is 14.7 Å². The summed E-state index contributed by atoms with van der Waals surface area (Å²) in [5.74, 6) is -0.925. The zero-order valence-corrected chi connectivity index (χ0v) is 9.91. The molecule has 0 unspecified atom stereocenters. The smallest absolute Gasteiger partial charge is 0.356 e. The lowest BCUT2D eigenvalue weighted by Gasteiger charge is -2.06. The van der Waals surface area contributed by atoms with Gasteiger partial charge in [-0.1, -0.05) is 11.6 Å². The highest BCUT2D eigenvalue weighted by atomic mass is 35.5. The number of carbonyl (C=O) groups excluding carboxylic acids is 1. The minimum Gasteiger partial charge on any atom is -0.476 e. The highest BCUT2D eigenvalue weighted by molar-refractivity contribution is 6.33. The molecule has 0 saturated heterocycles. The zero-order chi connectivity index (χ0) is 12.8. The fourth-order valence-electron chi connectivity index (χ4n) is 1.12. The van der Waals surface area contributed by atoms with Crippen LogP contribution in [-0.4, -0.2) is 35.6 Å². The molecular formula is C10H12ClN3O3. The lowest BCUT2D eigenvalue weighted by atomic mass is 10.3. The molecule has 1 amide bonds. The van der Waals surface area contributed by atoms with Crippen LogP contribution in [0.25, 0.3) is 0 Å². The summed E-state index contributed by atoms with van der Waals surface area (Å²) < 4.78 is 0. The van der Waals surface area contributed by atoms with Crippen molar-refractivity contribution in [1.29, 1.82) is 0 Å². The van der Waals surface area contributed by atoms with Crippen LogP contribution in [0.1, 0.15) is 16.9 Å². The Bertz CT molecular complexity index is 437. The molecule has 0 fully saturated rings. The van der Waals surface area contributed by atoms with E-state index in [2.05, 4.69) is 15.6 Å². The topological polar surface area (TPSA) is 91.3 Å². The van der Waals surface area contributed by atoms with E-state index in [0.29, 0.717) is 12.4 Å². The number of amides is 1. The van der Waals surface area contributed by atoms with Crippen LogP contribution in [-0.2, 0) is 4.79 Å². The molecule has 0 aliphatic carbocycles. The largest absolute Gasteiger partial charge is 0.476 e. The van der Waals surface area contributed by atoms with E-state index in [0.717, 1.165) is 0 Å². The van der Waals surface area contributed by atoms with Crippen molar-refractivity contribution in [3.05, 3.63) is 22.8 Å². The van der Waals surface area contributed by atoms with Crippen molar-refractivity contribution >= 4 is 29.3 Å². The molecule has 1 heterocycles.